The standard InChI is InChI=1S/C20H34N4O2S.HI/c1-5-21-20(23-17(4)16(2)3)22-15-18-11-7-8-12-19(18)27(25,26)24-13-9-6-10-14-24;/h7-8,11-12,16-17H,5-6,9-10,13-15H2,1-4H3,(H2,21,22,23);1H. The van der Waals surface area contributed by atoms with Gasteiger partial charge in [0.15, 0.2) is 5.96 Å². The largest absolute Gasteiger partial charge is 0.357 e. The van der Waals surface area contributed by atoms with Crippen LogP contribution in [0.15, 0.2) is 34.2 Å². The molecule has 1 aromatic rings. The van der Waals surface area contributed by atoms with Gasteiger partial charge in [-0.3, -0.25) is 0 Å². The van der Waals surface area contributed by atoms with Crippen LogP contribution in [0.2, 0.25) is 0 Å². The second-order valence-corrected chi connectivity index (χ2v) is 9.35. The third-order valence-corrected chi connectivity index (χ3v) is 7.02. The number of guanidine groups is 1. The Morgan fingerprint density at radius 3 is 2.39 bits per heavy atom. The Balaban J connectivity index is 0.00000392. The molecule has 6 nitrogen and oxygen atoms in total. The minimum absolute atomic E-state index is 0. The number of hydrogen-bond donors (Lipinski definition) is 2. The quantitative estimate of drug-likeness (QED) is 0.326. The van der Waals surface area contributed by atoms with E-state index in [0.717, 1.165) is 31.4 Å². The molecule has 1 aliphatic rings. The molecule has 0 amide bonds. The van der Waals surface area contributed by atoms with E-state index in [1.54, 1.807) is 16.4 Å². The topological polar surface area (TPSA) is 73.8 Å². The molecule has 1 unspecified atom stereocenters. The van der Waals surface area contributed by atoms with Crippen LogP contribution in [0, 0.1) is 5.92 Å². The summed E-state index contributed by atoms with van der Waals surface area (Å²) in [6.45, 7) is 10.7. The van der Waals surface area contributed by atoms with Crippen LogP contribution in [0.4, 0.5) is 0 Å². The first-order valence-electron chi connectivity index (χ1n) is 9.99. The first kappa shape index (κ1) is 25.2. The average Bonchev–Trinajstić information content (AvgIpc) is 2.67. The van der Waals surface area contributed by atoms with Gasteiger partial charge in [-0.05, 0) is 44.2 Å². The maximum atomic E-state index is 13.1. The van der Waals surface area contributed by atoms with Crippen molar-refractivity contribution in [1.29, 1.82) is 0 Å². The van der Waals surface area contributed by atoms with Gasteiger partial charge >= 0.3 is 0 Å². The number of piperidine rings is 1. The number of aliphatic imine (C=N–C) groups is 1. The third-order valence-electron chi connectivity index (χ3n) is 5.02. The van der Waals surface area contributed by atoms with Gasteiger partial charge in [-0.2, -0.15) is 4.31 Å². The Bertz CT molecular complexity index is 731. The van der Waals surface area contributed by atoms with E-state index in [1.807, 2.05) is 19.1 Å². The molecule has 0 aromatic heterocycles. The van der Waals surface area contributed by atoms with Crippen LogP contribution in [-0.4, -0.2) is 44.4 Å². The molecule has 1 fully saturated rings. The van der Waals surface area contributed by atoms with Crippen LogP contribution in [0.5, 0.6) is 0 Å². The number of halogens is 1. The lowest BCUT2D eigenvalue weighted by atomic mass is 10.1. The van der Waals surface area contributed by atoms with Crippen molar-refractivity contribution in [3.8, 4) is 0 Å². The second-order valence-electron chi connectivity index (χ2n) is 7.44. The molecule has 1 heterocycles. The summed E-state index contributed by atoms with van der Waals surface area (Å²) in [7, 11) is -3.47. The lowest BCUT2D eigenvalue weighted by molar-refractivity contribution is 0.346. The van der Waals surface area contributed by atoms with E-state index in [0.29, 0.717) is 36.4 Å². The summed E-state index contributed by atoms with van der Waals surface area (Å²) in [5, 5.41) is 6.63. The van der Waals surface area contributed by atoms with E-state index < -0.39 is 10.0 Å². The van der Waals surface area contributed by atoms with Crippen molar-refractivity contribution < 1.29 is 8.42 Å². The molecule has 1 aromatic carbocycles. The maximum absolute atomic E-state index is 13.1. The maximum Gasteiger partial charge on any atom is 0.243 e. The predicted molar refractivity (Wildman–Crippen MR) is 127 cm³/mol. The fraction of sp³-hybridized carbons (Fsp3) is 0.650. The van der Waals surface area contributed by atoms with E-state index in [9.17, 15) is 8.42 Å². The third kappa shape index (κ3) is 6.88. The number of hydrogen-bond acceptors (Lipinski definition) is 3. The first-order valence-corrected chi connectivity index (χ1v) is 11.4. The van der Waals surface area contributed by atoms with Crippen LogP contribution in [-0.2, 0) is 16.6 Å². The van der Waals surface area contributed by atoms with Gasteiger partial charge in [0.1, 0.15) is 0 Å². The predicted octanol–water partition coefficient (Wildman–Crippen LogP) is 3.58. The van der Waals surface area contributed by atoms with Crippen molar-refractivity contribution in [3.05, 3.63) is 29.8 Å². The van der Waals surface area contributed by atoms with Crippen molar-refractivity contribution in [2.24, 2.45) is 10.9 Å². The van der Waals surface area contributed by atoms with E-state index in [1.165, 1.54) is 0 Å². The smallest absolute Gasteiger partial charge is 0.243 e. The van der Waals surface area contributed by atoms with Crippen LogP contribution < -0.4 is 10.6 Å². The number of rotatable bonds is 7. The van der Waals surface area contributed by atoms with Crippen molar-refractivity contribution >= 4 is 40.0 Å². The molecule has 1 aliphatic heterocycles. The highest BCUT2D eigenvalue weighted by molar-refractivity contribution is 14.0. The highest BCUT2D eigenvalue weighted by atomic mass is 127. The van der Waals surface area contributed by atoms with E-state index in [-0.39, 0.29) is 30.0 Å². The Morgan fingerprint density at radius 2 is 1.79 bits per heavy atom. The molecule has 0 aliphatic carbocycles. The Kier molecular flexibility index (Phi) is 10.8. The van der Waals surface area contributed by atoms with Gasteiger partial charge in [0.05, 0.1) is 11.4 Å². The van der Waals surface area contributed by atoms with Crippen molar-refractivity contribution in [1.82, 2.24) is 14.9 Å². The van der Waals surface area contributed by atoms with Gasteiger partial charge in [-0.1, -0.05) is 38.5 Å². The Morgan fingerprint density at radius 1 is 1.14 bits per heavy atom. The molecule has 2 N–H and O–H groups in total. The highest BCUT2D eigenvalue weighted by Crippen LogP contribution is 2.24. The zero-order chi connectivity index (χ0) is 19.9. The molecule has 0 spiro atoms. The second kappa shape index (κ2) is 12.0. The van der Waals surface area contributed by atoms with Crippen molar-refractivity contribution in [2.75, 3.05) is 19.6 Å². The van der Waals surface area contributed by atoms with E-state index in [2.05, 4.69) is 36.4 Å². The van der Waals surface area contributed by atoms with Crippen LogP contribution in [0.25, 0.3) is 0 Å². The summed E-state index contributed by atoms with van der Waals surface area (Å²) in [6, 6.07) is 7.49. The number of sulfonamides is 1. The number of nitrogens with one attached hydrogen (secondary N) is 2. The monoisotopic (exact) mass is 522 g/mol. The highest BCUT2D eigenvalue weighted by Gasteiger charge is 2.27. The molecule has 8 heteroatoms. The zero-order valence-electron chi connectivity index (χ0n) is 17.4. The fourth-order valence-electron chi connectivity index (χ4n) is 3.00. The van der Waals surface area contributed by atoms with Gasteiger partial charge in [0.2, 0.25) is 10.0 Å². The van der Waals surface area contributed by atoms with Crippen LogP contribution >= 0.6 is 24.0 Å². The Labute approximate surface area is 187 Å². The van der Waals surface area contributed by atoms with Crippen molar-refractivity contribution in [3.63, 3.8) is 0 Å². The lowest BCUT2D eigenvalue weighted by Gasteiger charge is -2.26. The van der Waals surface area contributed by atoms with Crippen molar-refractivity contribution in [2.45, 2.75) is 64.4 Å². The molecule has 0 radical (unpaired) electrons. The van der Waals surface area contributed by atoms with E-state index >= 15 is 0 Å². The molecule has 0 saturated carbocycles. The van der Waals surface area contributed by atoms with Crippen LogP contribution in [0.3, 0.4) is 0 Å². The summed E-state index contributed by atoms with van der Waals surface area (Å²) in [6.07, 6.45) is 2.96. The molecule has 1 saturated heterocycles. The fourth-order valence-corrected chi connectivity index (χ4v) is 4.73. The average molecular weight is 522 g/mol. The lowest BCUT2D eigenvalue weighted by Crippen LogP contribution is -2.44. The van der Waals surface area contributed by atoms with Gasteiger partial charge in [0.25, 0.3) is 0 Å². The SMILES string of the molecule is CCNC(=NCc1ccccc1S(=O)(=O)N1CCCCC1)NC(C)C(C)C.I. The normalized spacial score (nSPS) is 17.1. The summed E-state index contributed by atoms with van der Waals surface area (Å²) in [5.74, 6) is 1.18. The molecule has 160 valence electrons. The molecular weight excluding hydrogens is 487 g/mol. The van der Waals surface area contributed by atoms with E-state index in [4.69, 9.17) is 0 Å². The minimum atomic E-state index is -3.47. The molecule has 0 bridgehead atoms. The van der Waals surface area contributed by atoms with Crippen LogP contribution in [0.1, 0.15) is 52.5 Å². The molecular formula is C20H35IN4O2S. The van der Waals surface area contributed by atoms with Gasteiger partial charge in [-0.25, -0.2) is 13.4 Å². The number of nitrogens with zero attached hydrogens (tertiary/aromatic N) is 2. The summed E-state index contributed by atoms with van der Waals surface area (Å²) in [4.78, 5) is 5.02. The number of benzene rings is 1. The summed E-state index contributed by atoms with van der Waals surface area (Å²) >= 11 is 0. The molecule has 28 heavy (non-hydrogen) atoms. The summed E-state index contributed by atoms with van der Waals surface area (Å²) in [5.41, 5.74) is 0.734. The zero-order valence-corrected chi connectivity index (χ0v) is 20.6. The van der Waals surface area contributed by atoms with Gasteiger partial charge in [0, 0.05) is 25.7 Å². The summed E-state index contributed by atoms with van der Waals surface area (Å²) < 4.78 is 27.8. The van der Waals surface area contributed by atoms with Gasteiger partial charge in [-0.15, -0.1) is 24.0 Å². The first-order chi connectivity index (χ1) is 12.9. The molecule has 1 atom stereocenters. The minimum Gasteiger partial charge on any atom is -0.357 e. The molecule has 2 rings (SSSR count). The van der Waals surface area contributed by atoms with Gasteiger partial charge < -0.3 is 10.6 Å². The Hall–Kier alpha value is -0.870.